The maximum absolute atomic E-state index is 5.63. The lowest BCUT2D eigenvalue weighted by atomic mass is 10.2. The largest absolute Gasteiger partial charge is 0.493 e. The summed E-state index contributed by atoms with van der Waals surface area (Å²) in [5.74, 6) is 1.03. The van der Waals surface area contributed by atoms with Crippen molar-refractivity contribution in [1.29, 1.82) is 0 Å². The molecule has 0 aliphatic carbocycles. The van der Waals surface area contributed by atoms with Crippen molar-refractivity contribution < 1.29 is 4.74 Å². The number of aryl methyl sites for hydroxylation is 1. The van der Waals surface area contributed by atoms with Crippen molar-refractivity contribution in [1.82, 2.24) is 8.96 Å². The highest BCUT2D eigenvalue weighted by atomic mass is 32.2. The van der Waals surface area contributed by atoms with E-state index in [1.165, 1.54) is 16.0 Å². The molecule has 0 bridgehead atoms. The van der Waals surface area contributed by atoms with Crippen LogP contribution in [0.2, 0.25) is 0 Å². The van der Waals surface area contributed by atoms with Gasteiger partial charge in [0.25, 0.3) is 0 Å². The van der Waals surface area contributed by atoms with Crippen molar-refractivity contribution in [3.8, 4) is 5.75 Å². The molecule has 0 saturated carbocycles. The predicted molar refractivity (Wildman–Crippen MR) is 81.4 cm³/mol. The summed E-state index contributed by atoms with van der Waals surface area (Å²) in [6.45, 7) is 2.90. The van der Waals surface area contributed by atoms with Gasteiger partial charge in [-0.15, -0.1) is 0 Å². The summed E-state index contributed by atoms with van der Waals surface area (Å²) in [7, 11) is 0. The fraction of sp³-hybridized carbons (Fsp3) is 0.188. The van der Waals surface area contributed by atoms with Crippen molar-refractivity contribution in [3.05, 3.63) is 53.9 Å². The normalized spacial score (nSPS) is 13.4. The summed E-state index contributed by atoms with van der Waals surface area (Å²) in [5.41, 5.74) is 4.73. The van der Waals surface area contributed by atoms with E-state index in [1.807, 2.05) is 12.3 Å². The number of ether oxygens (including phenoxy) is 1. The molecule has 1 aliphatic rings. The number of pyridine rings is 1. The van der Waals surface area contributed by atoms with E-state index in [2.05, 4.69) is 46.3 Å². The molecule has 0 N–H and O–H groups in total. The summed E-state index contributed by atoms with van der Waals surface area (Å²) < 4.78 is 7.81. The molecule has 1 aromatic carbocycles. The van der Waals surface area contributed by atoms with E-state index in [1.54, 1.807) is 11.9 Å². The molecule has 0 radical (unpaired) electrons. The average molecular weight is 282 g/mol. The Labute approximate surface area is 121 Å². The van der Waals surface area contributed by atoms with Gasteiger partial charge in [0.05, 0.1) is 17.6 Å². The number of benzene rings is 1. The third-order valence-corrected chi connectivity index (χ3v) is 4.54. The van der Waals surface area contributed by atoms with Gasteiger partial charge in [-0.3, -0.25) is 8.96 Å². The van der Waals surface area contributed by atoms with Gasteiger partial charge in [-0.1, -0.05) is 6.07 Å². The predicted octanol–water partition coefficient (Wildman–Crippen LogP) is 3.84. The quantitative estimate of drug-likeness (QED) is 0.714. The van der Waals surface area contributed by atoms with Crippen LogP contribution < -0.4 is 4.74 Å². The molecular weight excluding hydrogens is 268 g/mol. The molecule has 0 saturated heterocycles. The smallest absolute Gasteiger partial charge is 0.123 e. The van der Waals surface area contributed by atoms with Gasteiger partial charge in [0.1, 0.15) is 5.75 Å². The average Bonchev–Trinajstić information content (AvgIpc) is 3.05. The second-order valence-electron chi connectivity index (χ2n) is 4.97. The van der Waals surface area contributed by atoms with Crippen LogP contribution in [0.1, 0.15) is 11.1 Å². The Balaban J connectivity index is 1.74. The summed E-state index contributed by atoms with van der Waals surface area (Å²) in [4.78, 5) is 5.63. The van der Waals surface area contributed by atoms with Crippen LogP contribution in [0.5, 0.6) is 5.75 Å². The number of aromatic nitrogens is 2. The van der Waals surface area contributed by atoms with Gasteiger partial charge in [0.15, 0.2) is 0 Å². The fourth-order valence-corrected chi connectivity index (χ4v) is 3.55. The van der Waals surface area contributed by atoms with Gasteiger partial charge in [-0.05, 0) is 54.3 Å². The molecule has 3 nitrogen and oxygen atoms in total. The minimum absolute atomic E-state index is 0.804. The monoisotopic (exact) mass is 282 g/mol. The molecule has 1 aliphatic heterocycles. The van der Waals surface area contributed by atoms with Crippen molar-refractivity contribution >= 4 is 23.0 Å². The van der Waals surface area contributed by atoms with Crippen LogP contribution in [-0.4, -0.2) is 15.6 Å². The molecule has 0 atom stereocenters. The van der Waals surface area contributed by atoms with E-state index in [9.17, 15) is 0 Å². The Kier molecular flexibility index (Phi) is 2.70. The molecule has 0 amide bonds. The molecule has 0 spiro atoms. The van der Waals surface area contributed by atoms with Gasteiger partial charge in [-0.2, -0.15) is 0 Å². The number of fused-ring (bicyclic) bond motifs is 2. The van der Waals surface area contributed by atoms with Crippen molar-refractivity contribution in [2.75, 3.05) is 6.61 Å². The first-order chi connectivity index (χ1) is 9.81. The van der Waals surface area contributed by atoms with Crippen LogP contribution in [0.25, 0.3) is 11.0 Å². The Morgan fingerprint density at radius 3 is 3.20 bits per heavy atom. The van der Waals surface area contributed by atoms with Gasteiger partial charge >= 0.3 is 0 Å². The third kappa shape index (κ3) is 1.88. The lowest BCUT2D eigenvalue weighted by Crippen LogP contribution is -1.87. The maximum atomic E-state index is 5.63. The highest BCUT2D eigenvalue weighted by molar-refractivity contribution is 7.98. The van der Waals surface area contributed by atoms with Gasteiger partial charge in [0, 0.05) is 23.7 Å². The first-order valence-corrected chi connectivity index (χ1v) is 7.45. The van der Waals surface area contributed by atoms with E-state index >= 15 is 0 Å². The summed E-state index contributed by atoms with van der Waals surface area (Å²) in [6, 6.07) is 10.5. The number of rotatable bonds is 2. The van der Waals surface area contributed by atoms with E-state index in [0.717, 1.165) is 29.8 Å². The van der Waals surface area contributed by atoms with Crippen LogP contribution in [0, 0.1) is 6.92 Å². The van der Waals surface area contributed by atoms with Gasteiger partial charge < -0.3 is 4.74 Å². The van der Waals surface area contributed by atoms with E-state index in [-0.39, 0.29) is 0 Å². The number of hydrogen-bond acceptors (Lipinski definition) is 3. The molecule has 2 aromatic heterocycles. The lowest BCUT2D eigenvalue weighted by Gasteiger charge is -2.06. The second-order valence-corrected chi connectivity index (χ2v) is 6.02. The molecule has 100 valence electrons. The van der Waals surface area contributed by atoms with Crippen LogP contribution >= 0.6 is 11.9 Å². The standard InChI is InChI=1S/C16H14N2OS/c1-11-10-18(14-3-2-7-17-16(11)14)20-13-5-4-12-6-8-19-15(12)9-13/h2-5,7,9-10H,6,8H2,1H3. The minimum atomic E-state index is 0.804. The van der Waals surface area contributed by atoms with Crippen LogP contribution in [0.15, 0.2) is 47.6 Å². The van der Waals surface area contributed by atoms with E-state index in [0.29, 0.717) is 0 Å². The highest BCUT2D eigenvalue weighted by Crippen LogP contribution is 2.33. The molecule has 4 rings (SSSR count). The van der Waals surface area contributed by atoms with Gasteiger partial charge in [0.2, 0.25) is 0 Å². The molecule has 3 aromatic rings. The van der Waals surface area contributed by atoms with E-state index in [4.69, 9.17) is 4.74 Å². The third-order valence-electron chi connectivity index (χ3n) is 3.58. The highest BCUT2D eigenvalue weighted by Gasteiger charge is 2.13. The number of hydrogen-bond donors (Lipinski definition) is 0. The Morgan fingerprint density at radius 2 is 2.25 bits per heavy atom. The van der Waals surface area contributed by atoms with Gasteiger partial charge in [-0.25, -0.2) is 0 Å². The van der Waals surface area contributed by atoms with Crippen molar-refractivity contribution in [2.45, 2.75) is 18.2 Å². The first kappa shape index (κ1) is 11.9. The molecule has 4 heteroatoms. The fourth-order valence-electron chi connectivity index (χ4n) is 2.58. The maximum Gasteiger partial charge on any atom is 0.123 e. The zero-order valence-corrected chi connectivity index (χ0v) is 12.0. The molecule has 0 fully saturated rings. The van der Waals surface area contributed by atoms with Crippen molar-refractivity contribution in [3.63, 3.8) is 0 Å². The van der Waals surface area contributed by atoms with E-state index < -0.39 is 0 Å². The Morgan fingerprint density at radius 1 is 1.30 bits per heavy atom. The first-order valence-electron chi connectivity index (χ1n) is 6.68. The van der Waals surface area contributed by atoms with Crippen LogP contribution in [-0.2, 0) is 6.42 Å². The minimum Gasteiger partial charge on any atom is -0.493 e. The van der Waals surface area contributed by atoms with Crippen molar-refractivity contribution in [2.24, 2.45) is 0 Å². The molecule has 20 heavy (non-hydrogen) atoms. The summed E-state index contributed by atoms with van der Waals surface area (Å²) >= 11 is 1.70. The zero-order chi connectivity index (χ0) is 13.5. The zero-order valence-electron chi connectivity index (χ0n) is 11.2. The van der Waals surface area contributed by atoms with Crippen LogP contribution in [0.4, 0.5) is 0 Å². The number of nitrogens with zero attached hydrogens (tertiary/aromatic N) is 2. The molecular formula is C16H14N2OS. The molecule has 0 unspecified atom stereocenters. The summed E-state index contributed by atoms with van der Waals surface area (Å²) in [5, 5.41) is 0. The Bertz CT molecular complexity index is 794. The topological polar surface area (TPSA) is 27.1 Å². The Hall–Kier alpha value is -1.94. The van der Waals surface area contributed by atoms with Crippen LogP contribution in [0.3, 0.4) is 0 Å². The summed E-state index contributed by atoms with van der Waals surface area (Å²) in [6.07, 6.45) is 5.00. The second kappa shape index (κ2) is 4.56. The lowest BCUT2D eigenvalue weighted by molar-refractivity contribution is 0.356. The SMILES string of the molecule is Cc1cn(Sc2ccc3c(c2)OCC3)c2cccnc12. The molecule has 3 heterocycles.